The number of hydrogen-bond donors (Lipinski definition) is 1. The number of aryl methyl sites for hydroxylation is 1. The van der Waals surface area contributed by atoms with E-state index in [9.17, 15) is 4.39 Å². The molecule has 0 bridgehead atoms. The summed E-state index contributed by atoms with van der Waals surface area (Å²) in [4.78, 5) is 4.59. The number of aromatic nitrogens is 3. The Balaban J connectivity index is 1.92. The molecule has 4 nitrogen and oxygen atoms in total. The van der Waals surface area contributed by atoms with Crippen molar-refractivity contribution in [1.29, 1.82) is 0 Å². The second kappa shape index (κ2) is 5.09. The van der Waals surface area contributed by atoms with Crippen molar-refractivity contribution in [2.75, 3.05) is 13.1 Å². The number of benzene rings is 1. The highest BCUT2D eigenvalue weighted by atomic mass is 19.1. The molecule has 1 N–H and O–H groups in total. The first kappa shape index (κ1) is 12.3. The van der Waals surface area contributed by atoms with Gasteiger partial charge in [0.05, 0.1) is 0 Å². The Morgan fingerprint density at radius 2 is 2.32 bits per heavy atom. The Morgan fingerprint density at radius 3 is 3.05 bits per heavy atom. The smallest absolute Gasteiger partial charge is 0.158 e. The molecule has 1 aliphatic heterocycles. The lowest BCUT2D eigenvalue weighted by Gasteiger charge is -2.19. The Morgan fingerprint density at radius 1 is 1.42 bits per heavy atom. The van der Waals surface area contributed by atoms with Crippen LogP contribution in [0.15, 0.2) is 24.3 Å². The molecule has 2 aromatic rings. The van der Waals surface area contributed by atoms with Gasteiger partial charge in [0.2, 0.25) is 0 Å². The van der Waals surface area contributed by atoms with Crippen LogP contribution in [0.2, 0.25) is 0 Å². The first-order valence-electron chi connectivity index (χ1n) is 6.61. The van der Waals surface area contributed by atoms with Gasteiger partial charge in [-0.1, -0.05) is 12.1 Å². The second-order valence-electron chi connectivity index (χ2n) is 4.97. The fourth-order valence-electron chi connectivity index (χ4n) is 2.53. The van der Waals surface area contributed by atoms with E-state index in [1.165, 1.54) is 12.1 Å². The van der Waals surface area contributed by atoms with Crippen LogP contribution in [-0.4, -0.2) is 27.9 Å². The summed E-state index contributed by atoms with van der Waals surface area (Å²) in [7, 11) is 1.85. The molecule has 0 saturated carbocycles. The van der Waals surface area contributed by atoms with Crippen molar-refractivity contribution in [2.24, 2.45) is 7.05 Å². The molecule has 0 aliphatic carbocycles. The molecule has 1 unspecified atom stereocenters. The average Bonchev–Trinajstić information content (AvgIpc) is 2.82. The lowest BCUT2D eigenvalue weighted by Crippen LogP contribution is -2.29. The molecule has 1 saturated heterocycles. The zero-order valence-corrected chi connectivity index (χ0v) is 10.9. The van der Waals surface area contributed by atoms with Crippen LogP contribution in [-0.2, 0) is 7.05 Å². The van der Waals surface area contributed by atoms with Crippen molar-refractivity contribution < 1.29 is 4.39 Å². The number of nitrogens with zero attached hydrogens (tertiary/aromatic N) is 3. The lowest BCUT2D eigenvalue weighted by atomic mass is 9.99. The third-order valence-corrected chi connectivity index (χ3v) is 3.52. The van der Waals surface area contributed by atoms with Crippen molar-refractivity contribution in [2.45, 2.75) is 18.8 Å². The number of rotatable bonds is 2. The molecule has 0 radical (unpaired) electrons. The summed E-state index contributed by atoms with van der Waals surface area (Å²) in [5.41, 5.74) is 0.769. The van der Waals surface area contributed by atoms with Crippen LogP contribution >= 0.6 is 0 Å². The van der Waals surface area contributed by atoms with Crippen LogP contribution in [0.3, 0.4) is 0 Å². The first-order valence-corrected chi connectivity index (χ1v) is 6.61. The quantitative estimate of drug-likeness (QED) is 0.899. The highest BCUT2D eigenvalue weighted by Crippen LogP contribution is 2.24. The number of piperidine rings is 1. The van der Waals surface area contributed by atoms with Crippen LogP contribution in [0.4, 0.5) is 4.39 Å². The third-order valence-electron chi connectivity index (χ3n) is 3.52. The SMILES string of the molecule is Cn1nc(C2CCCNC2)nc1-c1cccc(F)c1. The maximum atomic E-state index is 13.3. The zero-order chi connectivity index (χ0) is 13.2. The average molecular weight is 260 g/mol. The highest BCUT2D eigenvalue weighted by Gasteiger charge is 2.21. The van der Waals surface area contributed by atoms with Gasteiger partial charge in [-0.15, -0.1) is 0 Å². The zero-order valence-electron chi connectivity index (χ0n) is 10.9. The molecular weight excluding hydrogens is 243 g/mol. The maximum absolute atomic E-state index is 13.3. The predicted molar refractivity (Wildman–Crippen MR) is 71.2 cm³/mol. The Hall–Kier alpha value is -1.75. The fraction of sp³-hybridized carbons (Fsp3) is 0.429. The summed E-state index contributed by atoms with van der Waals surface area (Å²) in [6.07, 6.45) is 2.26. The summed E-state index contributed by atoms with van der Waals surface area (Å²) < 4.78 is 15.0. The highest BCUT2D eigenvalue weighted by molar-refractivity contribution is 5.55. The second-order valence-corrected chi connectivity index (χ2v) is 4.97. The molecule has 1 aromatic carbocycles. The minimum atomic E-state index is -0.249. The standard InChI is InChI=1S/C14H17FN4/c1-19-14(10-4-2-6-12(15)8-10)17-13(18-19)11-5-3-7-16-9-11/h2,4,6,8,11,16H,3,5,7,9H2,1H3. The molecule has 1 fully saturated rings. The van der Waals surface area contributed by atoms with E-state index in [1.54, 1.807) is 10.7 Å². The van der Waals surface area contributed by atoms with Crippen LogP contribution in [0.25, 0.3) is 11.4 Å². The van der Waals surface area contributed by atoms with Gasteiger partial charge in [0.1, 0.15) is 5.82 Å². The van der Waals surface area contributed by atoms with Gasteiger partial charge in [-0.05, 0) is 31.5 Å². The molecule has 2 heterocycles. The molecule has 100 valence electrons. The normalized spacial score (nSPS) is 19.6. The molecule has 1 atom stereocenters. The monoisotopic (exact) mass is 260 g/mol. The van der Waals surface area contributed by atoms with Crippen molar-refractivity contribution in [3.8, 4) is 11.4 Å². The summed E-state index contributed by atoms with van der Waals surface area (Å²) in [6, 6.07) is 6.48. The van der Waals surface area contributed by atoms with Crippen LogP contribution < -0.4 is 5.32 Å². The summed E-state index contributed by atoms with van der Waals surface area (Å²) in [5.74, 6) is 1.69. The van der Waals surface area contributed by atoms with E-state index in [0.717, 1.165) is 43.1 Å². The topological polar surface area (TPSA) is 42.7 Å². The van der Waals surface area contributed by atoms with Gasteiger partial charge < -0.3 is 5.32 Å². The van der Waals surface area contributed by atoms with E-state index >= 15 is 0 Å². The van der Waals surface area contributed by atoms with E-state index in [2.05, 4.69) is 15.4 Å². The van der Waals surface area contributed by atoms with E-state index in [1.807, 2.05) is 13.1 Å². The van der Waals surface area contributed by atoms with Gasteiger partial charge in [0.15, 0.2) is 11.6 Å². The number of halogens is 1. The predicted octanol–water partition coefficient (Wildman–Crippen LogP) is 2.09. The van der Waals surface area contributed by atoms with Crippen molar-refractivity contribution in [3.05, 3.63) is 35.9 Å². The van der Waals surface area contributed by atoms with Gasteiger partial charge in [-0.2, -0.15) is 5.10 Å². The van der Waals surface area contributed by atoms with Crippen LogP contribution in [0.5, 0.6) is 0 Å². The Labute approximate surface area is 111 Å². The third kappa shape index (κ3) is 2.51. The molecule has 19 heavy (non-hydrogen) atoms. The van der Waals surface area contributed by atoms with Crippen LogP contribution in [0, 0.1) is 5.82 Å². The van der Waals surface area contributed by atoms with Gasteiger partial charge in [0, 0.05) is 25.1 Å². The summed E-state index contributed by atoms with van der Waals surface area (Å²) >= 11 is 0. The molecule has 1 aliphatic rings. The van der Waals surface area contributed by atoms with Crippen molar-refractivity contribution in [1.82, 2.24) is 20.1 Å². The Bertz CT molecular complexity index is 573. The van der Waals surface area contributed by atoms with Gasteiger partial charge >= 0.3 is 0 Å². The molecule has 0 amide bonds. The van der Waals surface area contributed by atoms with E-state index in [0.29, 0.717) is 5.92 Å². The molecule has 1 aromatic heterocycles. The Kier molecular flexibility index (Phi) is 3.29. The van der Waals surface area contributed by atoms with Gasteiger partial charge in [0.25, 0.3) is 0 Å². The van der Waals surface area contributed by atoms with E-state index in [-0.39, 0.29) is 5.82 Å². The number of hydrogen-bond acceptors (Lipinski definition) is 3. The minimum absolute atomic E-state index is 0.249. The molecule has 5 heteroatoms. The van der Waals surface area contributed by atoms with Crippen molar-refractivity contribution in [3.63, 3.8) is 0 Å². The fourth-order valence-corrected chi connectivity index (χ4v) is 2.53. The summed E-state index contributed by atoms with van der Waals surface area (Å²) in [5, 5.41) is 7.85. The maximum Gasteiger partial charge on any atom is 0.158 e. The number of nitrogens with one attached hydrogen (secondary N) is 1. The molecule has 0 spiro atoms. The largest absolute Gasteiger partial charge is 0.316 e. The molecule has 3 rings (SSSR count). The van der Waals surface area contributed by atoms with Gasteiger partial charge in [-0.3, -0.25) is 0 Å². The van der Waals surface area contributed by atoms with Gasteiger partial charge in [-0.25, -0.2) is 14.1 Å². The van der Waals surface area contributed by atoms with E-state index < -0.39 is 0 Å². The minimum Gasteiger partial charge on any atom is -0.316 e. The van der Waals surface area contributed by atoms with Crippen LogP contribution in [0.1, 0.15) is 24.6 Å². The lowest BCUT2D eigenvalue weighted by molar-refractivity contribution is 0.445. The first-order chi connectivity index (χ1) is 9.24. The summed E-state index contributed by atoms with van der Waals surface area (Å²) in [6.45, 7) is 1.99. The van der Waals surface area contributed by atoms with E-state index in [4.69, 9.17) is 0 Å². The molecular formula is C14H17FN4. The van der Waals surface area contributed by atoms with Crippen molar-refractivity contribution >= 4 is 0 Å².